The van der Waals surface area contributed by atoms with Crippen molar-refractivity contribution in [3.05, 3.63) is 78.3 Å². The number of rotatable bonds is 3. The minimum atomic E-state index is 0.431. The van der Waals surface area contributed by atoms with Crippen molar-refractivity contribution in [1.29, 1.82) is 5.26 Å². The number of nitriles is 1. The molecule has 4 nitrogen and oxygen atoms in total. The number of nitrogens with one attached hydrogen (secondary N) is 1. The number of aromatic amines is 1. The summed E-state index contributed by atoms with van der Waals surface area (Å²) >= 11 is 0. The zero-order chi connectivity index (χ0) is 16.4. The van der Waals surface area contributed by atoms with E-state index in [1.165, 1.54) is 0 Å². The summed E-state index contributed by atoms with van der Waals surface area (Å²) in [4.78, 5) is 7.62. The van der Waals surface area contributed by atoms with E-state index in [1.54, 1.807) is 6.08 Å². The first-order valence-corrected chi connectivity index (χ1v) is 7.56. The molecule has 0 aliphatic rings. The van der Waals surface area contributed by atoms with E-state index in [-0.39, 0.29) is 0 Å². The molecule has 2 heterocycles. The summed E-state index contributed by atoms with van der Waals surface area (Å²) in [7, 11) is 0. The van der Waals surface area contributed by atoms with Crippen LogP contribution in [0, 0.1) is 11.3 Å². The minimum absolute atomic E-state index is 0.431. The SMILES string of the molecule is N#CC(=Cc1ccc(-c2ccccc2)o1)c1nc2ccccc2[nH]1. The van der Waals surface area contributed by atoms with Crippen LogP contribution in [-0.2, 0) is 0 Å². The Bertz CT molecular complexity index is 1030. The molecule has 0 saturated carbocycles. The molecule has 0 unspecified atom stereocenters. The van der Waals surface area contributed by atoms with Crippen molar-refractivity contribution in [3.8, 4) is 17.4 Å². The minimum Gasteiger partial charge on any atom is -0.457 e. The number of benzene rings is 2. The smallest absolute Gasteiger partial charge is 0.149 e. The van der Waals surface area contributed by atoms with Gasteiger partial charge in [-0.2, -0.15) is 5.26 Å². The highest BCUT2D eigenvalue weighted by Gasteiger charge is 2.09. The molecule has 114 valence electrons. The summed E-state index contributed by atoms with van der Waals surface area (Å²) in [5, 5.41) is 9.47. The van der Waals surface area contributed by atoms with Gasteiger partial charge in [0.1, 0.15) is 23.4 Å². The monoisotopic (exact) mass is 311 g/mol. The molecule has 2 aromatic heterocycles. The maximum absolute atomic E-state index is 9.47. The van der Waals surface area contributed by atoms with Gasteiger partial charge in [-0.3, -0.25) is 0 Å². The molecule has 4 heteroatoms. The number of aromatic nitrogens is 2. The number of para-hydroxylation sites is 2. The first-order valence-electron chi connectivity index (χ1n) is 7.56. The fourth-order valence-corrected chi connectivity index (χ4v) is 2.56. The van der Waals surface area contributed by atoms with Crippen molar-refractivity contribution in [2.75, 3.05) is 0 Å². The molecule has 0 amide bonds. The summed E-state index contributed by atoms with van der Waals surface area (Å²) in [6.07, 6.45) is 1.70. The molecular formula is C20H13N3O. The fourth-order valence-electron chi connectivity index (χ4n) is 2.56. The third kappa shape index (κ3) is 2.59. The van der Waals surface area contributed by atoms with Gasteiger partial charge in [-0.1, -0.05) is 42.5 Å². The number of nitrogens with zero attached hydrogens (tertiary/aromatic N) is 2. The van der Waals surface area contributed by atoms with Crippen molar-refractivity contribution in [2.45, 2.75) is 0 Å². The highest BCUT2D eigenvalue weighted by molar-refractivity contribution is 5.89. The number of hydrogen-bond acceptors (Lipinski definition) is 3. The molecule has 4 rings (SSSR count). The third-order valence-electron chi connectivity index (χ3n) is 3.74. The van der Waals surface area contributed by atoms with Crippen molar-refractivity contribution < 1.29 is 4.42 Å². The summed E-state index contributed by atoms with van der Waals surface area (Å²) in [5.41, 5.74) is 3.16. The molecule has 0 aliphatic heterocycles. The van der Waals surface area contributed by atoms with Crippen LogP contribution in [0.25, 0.3) is 34.0 Å². The predicted molar refractivity (Wildman–Crippen MR) is 93.7 cm³/mol. The third-order valence-corrected chi connectivity index (χ3v) is 3.74. The van der Waals surface area contributed by atoms with Crippen LogP contribution >= 0.6 is 0 Å². The van der Waals surface area contributed by atoms with Gasteiger partial charge in [0.25, 0.3) is 0 Å². The Morgan fingerprint density at radius 3 is 2.58 bits per heavy atom. The Morgan fingerprint density at radius 1 is 1.00 bits per heavy atom. The maximum Gasteiger partial charge on any atom is 0.149 e. The van der Waals surface area contributed by atoms with E-state index < -0.39 is 0 Å². The molecule has 1 N–H and O–H groups in total. The number of furan rings is 1. The average Bonchev–Trinajstić information content (AvgIpc) is 3.27. The van der Waals surface area contributed by atoms with Gasteiger partial charge >= 0.3 is 0 Å². The van der Waals surface area contributed by atoms with E-state index in [2.05, 4.69) is 16.0 Å². The van der Waals surface area contributed by atoms with Crippen LogP contribution in [0.4, 0.5) is 0 Å². The van der Waals surface area contributed by atoms with Crippen LogP contribution in [0.3, 0.4) is 0 Å². The summed E-state index contributed by atoms with van der Waals surface area (Å²) in [5.74, 6) is 1.92. The second-order valence-corrected chi connectivity index (χ2v) is 5.34. The van der Waals surface area contributed by atoms with E-state index in [9.17, 15) is 5.26 Å². The summed E-state index contributed by atoms with van der Waals surface area (Å²) < 4.78 is 5.83. The highest BCUT2D eigenvalue weighted by Crippen LogP contribution is 2.25. The van der Waals surface area contributed by atoms with Crippen molar-refractivity contribution in [2.24, 2.45) is 0 Å². The summed E-state index contributed by atoms with van der Waals surface area (Å²) in [6, 6.07) is 23.5. The number of H-pyrrole nitrogens is 1. The Hall–Kier alpha value is -3.58. The van der Waals surface area contributed by atoms with E-state index >= 15 is 0 Å². The van der Waals surface area contributed by atoms with Crippen LogP contribution in [0.1, 0.15) is 11.6 Å². The topological polar surface area (TPSA) is 65.6 Å². The Morgan fingerprint density at radius 2 is 1.79 bits per heavy atom. The molecule has 0 radical (unpaired) electrons. The molecule has 0 saturated heterocycles. The van der Waals surface area contributed by atoms with Crippen LogP contribution < -0.4 is 0 Å². The normalized spacial score (nSPS) is 11.5. The van der Waals surface area contributed by atoms with Crippen molar-refractivity contribution in [1.82, 2.24) is 9.97 Å². The second-order valence-electron chi connectivity index (χ2n) is 5.34. The van der Waals surface area contributed by atoms with Gasteiger partial charge in [-0.25, -0.2) is 4.98 Å². The molecule has 0 bridgehead atoms. The Kier molecular flexibility index (Phi) is 3.45. The van der Waals surface area contributed by atoms with Gasteiger partial charge in [-0.05, 0) is 24.3 Å². The van der Waals surface area contributed by atoms with Gasteiger partial charge in [0.05, 0.1) is 16.6 Å². The van der Waals surface area contributed by atoms with Crippen LogP contribution in [0.2, 0.25) is 0 Å². The fraction of sp³-hybridized carbons (Fsp3) is 0. The maximum atomic E-state index is 9.47. The van der Waals surface area contributed by atoms with Gasteiger partial charge in [0.2, 0.25) is 0 Å². The predicted octanol–water partition coefficient (Wildman–Crippen LogP) is 4.89. The Labute approximate surface area is 138 Å². The first kappa shape index (κ1) is 14.0. The van der Waals surface area contributed by atoms with E-state index in [1.807, 2.05) is 66.7 Å². The lowest BCUT2D eigenvalue weighted by atomic mass is 10.2. The van der Waals surface area contributed by atoms with Crippen LogP contribution in [0.5, 0.6) is 0 Å². The van der Waals surface area contributed by atoms with E-state index in [0.717, 1.165) is 22.4 Å². The van der Waals surface area contributed by atoms with E-state index in [0.29, 0.717) is 17.2 Å². The lowest BCUT2D eigenvalue weighted by Crippen LogP contribution is -1.84. The molecular weight excluding hydrogens is 298 g/mol. The summed E-state index contributed by atoms with van der Waals surface area (Å²) in [6.45, 7) is 0. The molecule has 2 aromatic carbocycles. The number of hydrogen-bond donors (Lipinski definition) is 1. The zero-order valence-corrected chi connectivity index (χ0v) is 12.7. The van der Waals surface area contributed by atoms with E-state index in [4.69, 9.17) is 4.42 Å². The average molecular weight is 311 g/mol. The number of imidazole rings is 1. The number of allylic oxidation sites excluding steroid dienone is 1. The number of fused-ring (bicyclic) bond motifs is 1. The van der Waals surface area contributed by atoms with Crippen LogP contribution in [0.15, 0.2) is 71.1 Å². The van der Waals surface area contributed by atoms with Crippen molar-refractivity contribution >= 4 is 22.7 Å². The largest absolute Gasteiger partial charge is 0.457 e. The van der Waals surface area contributed by atoms with Gasteiger partial charge < -0.3 is 9.40 Å². The van der Waals surface area contributed by atoms with Crippen LogP contribution in [-0.4, -0.2) is 9.97 Å². The lowest BCUT2D eigenvalue weighted by molar-refractivity contribution is 0.572. The van der Waals surface area contributed by atoms with Crippen molar-refractivity contribution in [3.63, 3.8) is 0 Å². The standard InChI is InChI=1S/C20H13N3O/c21-13-15(20-22-17-8-4-5-9-18(17)23-20)12-16-10-11-19(24-16)14-6-2-1-3-7-14/h1-12H,(H,22,23). The molecule has 0 spiro atoms. The highest BCUT2D eigenvalue weighted by atomic mass is 16.3. The zero-order valence-electron chi connectivity index (χ0n) is 12.7. The second kappa shape index (κ2) is 5.90. The van der Waals surface area contributed by atoms with Gasteiger partial charge in [0.15, 0.2) is 0 Å². The molecule has 0 fully saturated rings. The Balaban J connectivity index is 1.71. The van der Waals surface area contributed by atoms with Gasteiger partial charge in [-0.15, -0.1) is 0 Å². The quantitative estimate of drug-likeness (QED) is 0.548. The molecule has 0 aliphatic carbocycles. The molecule has 4 aromatic rings. The lowest BCUT2D eigenvalue weighted by Gasteiger charge is -1.95. The molecule has 24 heavy (non-hydrogen) atoms. The molecule has 0 atom stereocenters. The first-order chi connectivity index (χ1) is 11.8. The van der Waals surface area contributed by atoms with Gasteiger partial charge in [0, 0.05) is 11.6 Å².